The van der Waals surface area contributed by atoms with Gasteiger partial charge >= 0.3 is 0 Å². The highest BCUT2D eigenvalue weighted by atomic mass is 16.3. The second-order valence-electron chi connectivity index (χ2n) is 5.60. The lowest BCUT2D eigenvalue weighted by Crippen LogP contribution is -2.65. The molecule has 0 unspecified atom stereocenters. The molecule has 2 heterocycles. The van der Waals surface area contributed by atoms with Gasteiger partial charge in [-0.25, -0.2) is 0 Å². The predicted octanol–water partition coefficient (Wildman–Crippen LogP) is -0.0307. The number of nitrogens with one attached hydrogen (secondary N) is 1. The van der Waals surface area contributed by atoms with E-state index in [9.17, 15) is 9.90 Å². The molecular formula is C12H20N2O2. The summed E-state index contributed by atoms with van der Waals surface area (Å²) in [6.07, 6.45) is 4.20. The lowest BCUT2D eigenvalue weighted by atomic mass is 9.86. The van der Waals surface area contributed by atoms with Crippen molar-refractivity contribution in [3.63, 3.8) is 0 Å². The zero-order valence-electron chi connectivity index (χ0n) is 9.61. The molecule has 1 saturated carbocycles. The van der Waals surface area contributed by atoms with Gasteiger partial charge in [-0.3, -0.25) is 4.79 Å². The van der Waals surface area contributed by atoms with E-state index < -0.39 is 5.60 Å². The summed E-state index contributed by atoms with van der Waals surface area (Å²) in [5.41, 5.74) is -0.525. The van der Waals surface area contributed by atoms with Crippen molar-refractivity contribution in [1.82, 2.24) is 10.2 Å². The van der Waals surface area contributed by atoms with Gasteiger partial charge in [-0.1, -0.05) is 0 Å². The monoisotopic (exact) mass is 224 g/mol. The summed E-state index contributed by atoms with van der Waals surface area (Å²) in [6, 6.07) is 0. The summed E-state index contributed by atoms with van der Waals surface area (Å²) < 4.78 is 0. The Bertz CT molecular complexity index is 289. The van der Waals surface area contributed by atoms with Crippen molar-refractivity contribution in [2.24, 2.45) is 11.8 Å². The first kappa shape index (κ1) is 10.5. The van der Waals surface area contributed by atoms with Crippen molar-refractivity contribution in [3.05, 3.63) is 0 Å². The quantitative estimate of drug-likeness (QED) is 0.692. The number of rotatable bonds is 2. The summed E-state index contributed by atoms with van der Waals surface area (Å²) in [5.74, 6) is 0.946. The summed E-state index contributed by atoms with van der Waals surface area (Å²) >= 11 is 0. The minimum atomic E-state index is -0.525. The molecule has 0 spiro atoms. The van der Waals surface area contributed by atoms with Gasteiger partial charge in [-0.15, -0.1) is 0 Å². The molecule has 2 saturated heterocycles. The Labute approximate surface area is 96.0 Å². The third kappa shape index (κ3) is 1.74. The van der Waals surface area contributed by atoms with Crippen LogP contribution in [0.25, 0.3) is 0 Å². The Morgan fingerprint density at radius 2 is 1.81 bits per heavy atom. The topological polar surface area (TPSA) is 52.6 Å². The highest BCUT2D eigenvalue weighted by molar-refractivity contribution is 5.80. The molecule has 4 nitrogen and oxygen atoms in total. The van der Waals surface area contributed by atoms with Crippen LogP contribution in [-0.2, 0) is 4.79 Å². The molecule has 2 N–H and O–H groups in total. The minimum Gasteiger partial charge on any atom is -0.386 e. The van der Waals surface area contributed by atoms with E-state index in [2.05, 4.69) is 5.32 Å². The van der Waals surface area contributed by atoms with Gasteiger partial charge < -0.3 is 15.3 Å². The van der Waals surface area contributed by atoms with Crippen LogP contribution in [-0.4, -0.2) is 47.7 Å². The van der Waals surface area contributed by atoms with Crippen molar-refractivity contribution in [2.45, 2.75) is 31.3 Å². The van der Waals surface area contributed by atoms with Gasteiger partial charge in [-0.05, 0) is 44.7 Å². The van der Waals surface area contributed by atoms with E-state index in [4.69, 9.17) is 0 Å². The number of amides is 1. The smallest absolute Gasteiger partial charge is 0.225 e. The molecule has 90 valence electrons. The van der Waals surface area contributed by atoms with Gasteiger partial charge in [0.05, 0.1) is 13.1 Å². The Balaban J connectivity index is 1.53. The second kappa shape index (κ2) is 3.70. The van der Waals surface area contributed by atoms with Crippen molar-refractivity contribution in [3.8, 4) is 0 Å². The van der Waals surface area contributed by atoms with Gasteiger partial charge in [0.2, 0.25) is 5.91 Å². The zero-order chi connectivity index (χ0) is 11.2. The van der Waals surface area contributed by atoms with E-state index in [1.165, 1.54) is 0 Å². The number of aliphatic hydroxyl groups is 1. The molecule has 0 aromatic carbocycles. The normalized spacial score (nSPS) is 29.9. The molecule has 1 aliphatic carbocycles. The molecule has 0 atom stereocenters. The Kier molecular flexibility index (Phi) is 2.44. The van der Waals surface area contributed by atoms with Gasteiger partial charge in [0.15, 0.2) is 0 Å². The number of hydrogen-bond acceptors (Lipinski definition) is 3. The fourth-order valence-electron chi connectivity index (χ4n) is 2.98. The first-order chi connectivity index (χ1) is 7.69. The number of piperidine rings is 1. The highest BCUT2D eigenvalue weighted by Crippen LogP contribution is 2.44. The SMILES string of the molecule is O=C(C1CCNCC1)N1CC(O)(C2CC2)C1. The van der Waals surface area contributed by atoms with Gasteiger partial charge in [0.1, 0.15) is 5.60 Å². The number of likely N-dealkylation sites (tertiary alicyclic amines) is 1. The molecule has 0 aromatic heterocycles. The van der Waals surface area contributed by atoms with Crippen molar-refractivity contribution >= 4 is 5.91 Å². The predicted molar refractivity (Wildman–Crippen MR) is 59.8 cm³/mol. The average molecular weight is 224 g/mol. The number of β-amino-alcohol motifs (C(OH)–C–C–N with tert-alkyl or cyclic N) is 1. The van der Waals surface area contributed by atoms with E-state index in [1.807, 2.05) is 4.90 Å². The van der Waals surface area contributed by atoms with Crippen LogP contribution in [0, 0.1) is 11.8 Å². The fraction of sp³-hybridized carbons (Fsp3) is 0.917. The van der Waals surface area contributed by atoms with Crippen LogP contribution in [0.2, 0.25) is 0 Å². The van der Waals surface area contributed by atoms with E-state index in [1.54, 1.807) is 0 Å². The summed E-state index contributed by atoms with van der Waals surface area (Å²) in [5, 5.41) is 13.4. The summed E-state index contributed by atoms with van der Waals surface area (Å²) in [4.78, 5) is 14.0. The van der Waals surface area contributed by atoms with E-state index in [0.717, 1.165) is 38.8 Å². The van der Waals surface area contributed by atoms with Crippen LogP contribution in [0.4, 0.5) is 0 Å². The van der Waals surface area contributed by atoms with Gasteiger partial charge in [0.25, 0.3) is 0 Å². The number of nitrogens with zero attached hydrogens (tertiary/aromatic N) is 1. The van der Waals surface area contributed by atoms with Crippen LogP contribution in [0.5, 0.6) is 0 Å². The second-order valence-corrected chi connectivity index (χ2v) is 5.60. The van der Waals surface area contributed by atoms with Gasteiger partial charge in [0, 0.05) is 5.92 Å². The minimum absolute atomic E-state index is 0.199. The maximum atomic E-state index is 12.1. The lowest BCUT2D eigenvalue weighted by molar-refractivity contribution is -0.164. The number of carbonyl (C=O) groups excluding carboxylic acids is 1. The maximum absolute atomic E-state index is 12.1. The third-order valence-electron chi connectivity index (χ3n) is 4.27. The van der Waals surface area contributed by atoms with Crippen LogP contribution < -0.4 is 5.32 Å². The summed E-state index contributed by atoms with van der Waals surface area (Å²) in [7, 11) is 0. The molecule has 0 aromatic rings. The number of carbonyl (C=O) groups is 1. The summed E-state index contributed by atoms with van der Waals surface area (Å²) in [6.45, 7) is 3.08. The first-order valence-corrected chi connectivity index (χ1v) is 6.41. The Morgan fingerprint density at radius 1 is 1.19 bits per heavy atom. The molecule has 2 aliphatic heterocycles. The lowest BCUT2D eigenvalue weighted by Gasteiger charge is -2.48. The van der Waals surface area contributed by atoms with Crippen LogP contribution in [0.3, 0.4) is 0 Å². The largest absolute Gasteiger partial charge is 0.386 e. The molecule has 1 amide bonds. The average Bonchev–Trinajstić information content (AvgIpc) is 3.09. The molecular weight excluding hydrogens is 204 g/mol. The highest BCUT2D eigenvalue weighted by Gasteiger charge is 2.53. The van der Waals surface area contributed by atoms with Gasteiger partial charge in [-0.2, -0.15) is 0 Å². The molecule has 16 heavy (non-hydrogen) atoms. The van der Waals surface area contributed by atoms with Crippen LogP contribution >= 0.6 is 0 Å². The molecule has 0 radical (unpaired) electrons. The third-order valence-corrected chi connectivity index (χ3v) is 4.27. The standard InChI is InChI=1S/C12H20N2O2/c15-11(9-3-5-13-6-4-9)14-7-12(16,8-14)10-1-2-10/h9-10,13,16H,1-8H2. The molecule has 3 rings (SSSR count). The van der Waals surface area contributed by atoms with Crippen molar-refractivity contribution < 1.29 is 9.90 Å². The fourth-order valence-corrected chi connectivity index (χ4v) is 2.98. The Morgan fingerprint density at radius 3 is 2.38 bits per heavy atom. The van der Waals surface area contributed by atoms with Crippen molar-refractivity contribution in [2.75, 3.05) is 26.2 Å². The van der Waals surface area contributed by atoms with Crippen LogP contribution in [0.1, 0.15) is 25.7 Å². The zero-order valence-corrected chi connectivity index (χ0v) is 9.61. The van der Waals surface area contributed by atoms with E-state index in [0.29, 0.717) is 19.0 Å². The first-order valence-electron chi connectivity index (χ1n) is 6.41. The molecule has 4 heteroatoms. The van der Waals surface area contributed by atoms with E-state index >= 15 is 0 Å². The molecule has 3 fully saturated rings. The van der Waals surface area contributed by atoms with Crippen LogP contribution in [0.15, 0.2) is 0 Å². The maximum Gasteiger partial charge on any atom is 0.225 e. The van der Waals surface area contributed by atoms with E-state index in [-0.39, 0.29) is 11.8 Å². The Hall–Kier alpha value is -0.610. The molecule has 0 bridgehead atoms. The van der Waals surface area contributed by atoms with Crippen molar-refractivity contribution in [1.29, 1.82) is 0 Å². The molecule has 3 aliphatic rings. The number of hydrogen-bond donors (Lipinski definition) is 2.